The van der Waals surface area contributed by atoms with Crippen molar-refractivity contribution in [3.8, 4) is 11.8 Å². The van der Waals surface area contributed by atoms with Crippen molar-refractivity contribution in [1.82, 2.24) is 0 Å². The summed E-state index contributed by atoms with van der Waals surface area (Å²) in [5, 5.41) is 13.2. The number of rotatable bonds is 9. The summed E-state index contributed by atoms with van der Waals surface area (Å²) in [7, 11) is 2.08. The SMILES string of the molecule is C=CCOc1ccc(C[NH+](C)CCC(=O)Nc2sc3c(c2C#N)CCCC3)cc1. The van der Waals surface area contributed by atoms with E-state index in [0.29, 0.717) is 18.6 Å². The second-order valence-corrected chi connectivity index (χ2v) is 8.56. The Bertz CT molecular complexity index is 896. The summed E-state index contributed by atoms with van der Waals surface area (Å²) < 4.78 is 5.50. The first-order valence-electron chi connectivity index (χ1n) is 10.1. The molecule has 3 rings (SSSR count). The molecule has 1 aromatic heterocycles. The lowest BCUT2D eigenvalue weighted by atomic mass is 9.96. The number of amides is 1. The van der Waals surface area contributed by atoms with E-state index in [4.69, 9.17) is 4.74 Å². The molecule has 0 spiro atoms. The minimum Gasteiger partial charge on any atom is -0.490 e. The van der Waals surface area contributed by atoms with Crippen LogP contribution in [0.2, 0.25) is 0 Å². The fourth-order valence-corrected chi connectivity index (χ4v) is 4.84. The van der Waals surface area contributed by atoms with Crippen LogP contribution < -0.4 is 15.0 Å². The molecule has 1 aliphatic rings. The van der Waals surface area contributed by atoms with Gasteiger partial charge in [0.2, 0.25) is 5.91 Å². The molecule has 0 fully saturated rings. The summed E-state index contributed by atoms with van der Waals surface area (Å²) in [6.45, 7) is 5.71. The Morgan fingerprint density at radius 3 is 2.83 bits per heavy atom. The monoisotopic (exact) mass is 410 g/mol. The molecule has 5 nitrogen and oxygen atoms in total. The Morgan fingerprint density at radius 2 is 2.10 bits per heavy atom. The van der Waals surface area contributed by atoms with Gasteiger partial charge in [0.25, 0.3) is 0 Å². The molecule has 152 valence electrons. The van der Waals surface area contributed by atoms with E-state index in [1.165, 1.54) is 21.8 Å². The van der Waals surface area contributed by atoms with Crippen molar-refractivity contribution in [3.63, 3.8) is 0 Å². The molecule has 1 amide bonds. The molecule has 1 atom stereocenters. The zero-order valence-electron chi connectivity index (χ0n) is 16.9. The number of nitrogens with zero attached hydrogens (tertiary/aromatic N) is 1. The molecule has 0 bridgehead atoms. The van der Waals surface area contributed by atoms with Gasteiger partial charge in [0.15, 0.2) is 0 Å². The summed E-state index contributed by atoms with van der Waals surface area (Å²) in [6.07, 6.45) is 6.42. The van der Waals surface area contributed by atoms with Crippen LogP contribution in [0, 0.1) is 11.3 Å². The van der Waals surface area contributed by atoms with Gasteiger partial charge in [-0.05, 0) is 55.5 Å². The summed E-state index contributed by atoms with van der Waals surface area (Å²) >= 11 is 1.58. The third kappa shape index (κ3) is 5.69. The van der Waals surface area contributed by atoms with Crippen LogP contribution in [0.1, 0.15) is 40.8 Å². The third-order valence-corrected chi connectivity index (χ3v) is 6.32. The number of nitriles is 1. The van der Waals surface area contributed by atoms with Gasteiger partial charge in [-0.25, -0.2) is 0 Å². The molecule has 0 aliphatic heterocycles. The molecule has 2 aromatic rings. The maximum Gasteiger partial charge on any atom is 0.230 e. The maximum atomic E-state index is 12.4. The van der Waals surface area contributed by atoms with Crippen molar-refractivity contribution >= 4 is 22.2 Å². The number of hydrogen-bond donors (Lipinski definition) is 2. The Labute approximate surface area is 176 Å². The van der Waals surface area contributed by atoms with Gasteiger partial charge in [-0.15, -0.1) is 11.3 Å². The first-order chi connectivity index (χ1) is 14.1. The zero-order chi connectivity index (χ0) is 20.6. The molecule has 0 radical (unpaired) electrons. The first-order valence-corrected chi connectivity index (χ1v) is 10.9. The summed E-state index contributed by atoms with van der Waals surface area (Å²) in [5.74, 6) is 0.810. The number of quaternary nitrogens is 1. The number of nitrogens with one attached hydrogen (secondary N) is 2. The zero-order valence-corrected chi connectivity index (χ0v) is 17.7. The van der Waals surface area contributed by atoms with E-state index in [-0.39, 0.29) is 5.91 Å². The molecule has 29 heavy (non-hydrogen) atoms. The van der Waals surface area contributed by atoms with E-state index in [0.717, 1.165) is 48.7 Å². The van der Waals surface area contributed by atoms with Crippen molar-refractivity contribution < 1.29 is 14.4 Å². The summed E-state index contributed by atoms with van der Waals surface area (Å²) in [4.78, 5) is 15.0. The maximum absolute atomic E-state index is 12.4. The molecule has 0 saturated carbocycles. The van der Waals surface area contributed by atoms with Gasteiger partial charge in [0.1, 0.15) is 30.0 Å². The number of benzene rings is 1. The van der Waals surface area contributed by atoms with Gasteiger partial charge < -0.3 is 15.0 Å². The topological polar surface area (TPSA) is 66.6 Å². The number of fused-ring (bicyclic) bond motifs is 1. The first kappa shape index (κ1) is 21.1. The van der Waals surface area contributed by atoms with E-state index in [9.17, 15) is 10.1 Å². The van der Waals surface area contributed by atoms with Crippen LogP contribution in [0.5, 0.6) is 5.75 Å². The fraction of sp³-hybridized carbons (Fsp3) is 0.391. The van der Waals surface area contributed by atoms with Crippen LogP contribution >= 0.6 is 11.3 Å². The normalized spacial score (nSPS) is 13.8. The number of anilines is 1. The van der Waals surface area contributed by atoms with Crippen LogP contribution in [-0.4, -0.2) is 26.1 Å². The highest BCUT2D eigenvalue weighted by atomic mass is 32.1. The number of ether oxygens (including phenoxy) is 1. The molecule has 1 aliphatic carbocycles. The minimum atomic E-state index is -0.0207. The molecule has 0 saturated heterocycles. The Morgan fingerprint density at radius 1 is 1.34 bits per heavy atom. The number of hydrogen-bond acceptors (Lipinski definition) is 4. The average Bonchev–Trinajstić information content (AvgIpc) is 3.08. The predicted octanol–water partition coefficient (Wildman–Crippen LogP) is 3.11. The number of carbonyl (C=O) groups is 1. The van der Waals surface area contributed by atoms with Crippen LogP contribution in [-0.2, 0) is 24.2 Å². The molecule has 2 N–H and O–H groups in total. The van der Waals surface area contributed by atoms with Gasteiger partial charge in [0.05, 0.1) is 25.6 Å². The van der Waals surface area contributed by atoms with Crippen molar-refractivity contribution in [2.45, 2.75) is 38.6 Å². The van der Waals surface area contributed by atoms with Crippen LogP contribution in [0.4, 0.5) is 5.00 Å². The number of aryl methyl sites for hydroxylation is 1. The van der Waals surface area contributed by atoms with Gasteiger partial charge >= 0.3 is 0 Å². The lowest BCUT2D eigenvalue weighted by molar-refractivity contribution is -0.893. The van der Waals surface area contributed by atoms with E-state index < -0.39 is 0 Å². The summed E-state index contributed by atoms with van der Waals surface area (Å²) in [5.41, 5.74) is 3.03. The van der Waals surface area contributed by atoms with Crippen LogP contribution in [0.25, 0.3) is 0 Å². The molecule has 1 aromatic carbocycles. The second-order valence-electron chi connectivity index (χ2n) is 7.45. The van der Waals surface area contributed by atoms with Gasteiger partial charge in [-0.3, -0.25) is 4.79 Å². The lowest BCUT2D eigenvalue weighted by Crippen LogP contribution is -3.07. The van der Waals surface area contributed by atoms with E-state index in [1.54, 1.807) is 17.4 Å². The van der Waals surface area contributed by atoms with Crippen molar-refractivity contribution in [2.24, 2.45) is 0 Å². The Hall–Kier alpha value is -2.62. The second kappa shape index (κ2) is 10.2. The van der Waals surface area contributed by atoms with Crippen LogP contribution in [0.3, 0.4) is 0 Å². The minimum absolute atomic E-state index is 0.0207. The predicted molar refractivity (Wildman–Crippen MR) is 117 cm³/mol. The molecular formula is C23H28N3O2S+. The molecule has 1 unspecified atom stereocenters. The fourth-order valence-electron chi connectivity index (χ4n) is 3.58. The number of thiophene rings is 1. The van der Waals surface area contributed by atoms with Gasteiger partial charge in [-0.2, -0.15) is 5.26 Å². The van der Waals surface area contributed by atoms with E-state index >= 15 is 0 Å². The highest BCUT2D eigenvalue weighted by Gasteiger charge is 2.22. The lowest BCUT2D eigenvalue weighted by Gasteiger charge is -2.14. The van der Waals surface area contributed by atoms with Crippen molar-refractivity contribution in [2.75, 3.05) is 25.5 Å². The van der Waals surface area contributed by atoms with E-state index in [1.807, 2.05) is 12.1 Å². The highest BCUT2D eigenvalue weighted by molar-refractivity contribution is 7.16. The smallest absolute Gasteiger partial charge is 0.230 e. The van der Waals surface area contributed by atoms with Gasteiger partial charge in [-0.1, -0.05) is 12.7 Å². The molecular weight excluding hydrogens is 382 g/mol. The van der Waals surface area contributed by atoms with Crippen molar-refractivity contribution in [3.05, 3.63) is 58.5 Å². The molecule has 6 heteroatoms. The van der Waals surface area contributed by atoms with Gasteiger partial charge in [0, 0.05) is 10.4 Å². The quantitative estimate of drug-likeness (QED) is 0.624. The largest absolute Gasteiger partial charge is 0.490 e. The van der Waals surface area contributed by atoms with Crippen molar-refractivity contribution in [1.29, 1.82) is 5.26 Å². The van der Waals surface area contributed by atoms with E-state index in [2.05, 4.69) is 37.1 Å². The standard InChI is InChI=1S/C23H27N3O2S/c1-3-14-28-18-10-8-17(9-11-18)16-26(2)13-12-22(27)25-23-20(15-24)19-6-4-5-7-21(19)29-23/h3,8-11H,1,4-7,12-14,16H2,2H3,(H,25,27)/p+1. The Kier molecular flexibility index (Phi) is 7.45. The number of carbonyl (C=O) groups excluding carboxylic acids is 1. The average molecular weight is 411 g/mol. The summed E-state index contributed by atoms with van der Waals surface area (Å²) in [6, 6.07) is 10.3. The Balaban J connectivity index is 1.49. The molecule has 1 heterocycles. The highest BCUT2D eigenvalue weighted by Crippen LogP contribution is 2.37. The third-order valence-electron chi connectivity index (χ3n) is 5.11. The van der Waals surface area contributed by atoms with Crippen LogP contribution in [0.15, 0.2) is 36.9 Å².